The number of carbonyl (C=O) groups is 1. The van der Waals surface area contributed by atoms with Gasteiger partial charge < -0.3 is 4.74 Å². The molecule has 1 atom stereocenters. The standard InChI is InChI=1S/C11H13F3N2O2S/c1-3-6-18-9(17)7(2)19-10-15-5-4-8(16-10)11(12,13)14/h4-5,7H,3,6H2,1-2H3. The Labute approximate surface area is 112 Å². The van der Waals surface area contributed by atoms with Crippen LogP contribution < -0.4 is 0 Å². The van der Waals surface area contributed by atoms with Crippen LogP contribution in [0.25, 0.3) is 0 Å². The number of rotatable bonds is 5. The minimum absolute atomic E-state index is 0.101. The number of carbonyl (C=O) groups excluding carboxylic acids is 1. The predicted molar refractivity (Wildman–Crippen MR) is 63.6 cm³/mol. The van der Waals surface area contributed by atoms with Crippen molar-refractivity contribution in [2.24, 2.45) is 0 Å². The van der Waals surface area contributed by atoms with E-state index in [4.69, 9.17) is 4.74 Å². The van der Waals surface area contributed by atoms with Crippen molar-refractivity contribution in [3.05, 3.63) is 18.0 Å². The zero-order chi connectivity index (χ0) is 14.5. The average Bonchev–Trinajstić information content (AvgIpc) is 2.35. The second-order valence-electron chi connectivity index (χ2n) is 3.65. The molecule has 1 aromatic heterocycles. The third-order valence-corrected chi connectivity index (χ3v) is 2.94. The van der Waals surface area contributed by atoms with Crippen LogP contribution in [0.2, 0.25) is 0 Å². The van der Waals surface area contributed by atoms with E-state index < -0.39 is 23.1 Å². The van der Waals surface area contributed by atoms with Crippen LogP contribution in [0.3, 0.4) is 0 Å². The van der Waals surface area contributed by atoms with E-state index in [2.05, 4.69) is 9.97 Å². The fraction of sp³-hybridized carbons (Fsp3) is 0.545. The highest BCUT2D eigenvalue weighted by Crippen LogP contribution is 2.29. The van der Waals surface area contributed by atoms with Crippen LogP contribution in [-0.2, 0) is 15.7 Å². The number of nitrogens with zero attached hydrogens (tertiary/aromatic N) is 2. The topological polar surface area (TPSA) is 52.1 Å². The Hall–Kier alpha value is -1.31. The molecule has 1 rings (SSSR count). The molecule has 1 heterocycles. The monoisotopic (exact) mass is 294 g/mol. The molecule has 8 heteroatoms. The molecule has 0 aromatic carbocycles. The molecule has 19 heavy (non-hydrogen) atoms. The summed E-state index contributed by atoms with van der Waals surface area (Å²) in [5, 5.41) is -0.759. The lowest BCUT2D eigenvalue weighted by molar-refractivity contribution is -0.142. The first-order valence-electron chi connectivity index (χ1n) is 5.58. The second kappa shape index (κ2) is 6.74. The Morgan fingerprint density at radius 1 is 1.53 bits per heavy atom. The Bertz CT molecular complexity index is 440. The van der Waals surface area contributed by atoms with Gasteiger partial charge in [0.15, 0.2) is 5.16 Å². The van der Waals surface area contributed by atoms with Crippen LogP contribution >= 0.6 is 11.8 Å². The number of hydrogen-bond acceptors (Lipinski definition) is 5. The van der Waals surface area contributed by atoms with Crippen molar-refractivity contribution in [1.29, 1.82) is 0 Å². The molecule has 0 amide bonds. The van der Waals surface area contributed by atoms with E-state index in [-0.39, 0.29) is 11.8 Å². The van der Waals surface area contributed by atoms with Gasteiger partial charge in [0, 0.05) is 6.20 Å². The molecular formula is C11H13F3N2O2S. The van der Waals surface area contributed by atoms with Gasteiger partial charge in [-0.15, -0.1) is 0 Å². The number of ether oxygens (including phenoxy) is 1. The number of alkyl halides is 3. The fourth-order valence-electron chi connectivity index (χ4n) is 1.08. The summed E-state index contributed by atoms with van der Waals surface area (Å²) < 4.78 is 42.2. The summed E-state index contributed by atoms with van der Waals surface area (Å²) in [4.78, 5) is 18.5. The highest BCUT2D eigenvalue weighted by Gasteiger charge is 2.33. The predicted octanol–water partition coefficient (Wildman–Crippen LogP) is 2.93. The first kappa shape index (κ1) is 15.7. The molecule has 4 nitrogen and oxygen atoms in total. The van der Waals surface area contributed by atoms with E-state index in [0.717, 1.165) is 24.0 Å². The highest BCUT2D eigenvalue weighted by molar-refractivity contribution is 8.00. The molecule has 0 spiro atoms. The molecular weight excluding hydrogens is 281 g/mol. The minimum Gasteiger partial charge on any atom is -0.465 e. The summed E-state index contributed by atoms with van der Waals surface area (Å²) in [6.45, 7) is 3.67. The van der Waals surface area contributed by atoms with Gasteiger partial charge >= 0.3 is 12.1 Å². The molecule has 0 aliphatic heterocycles. The molecule has 0 aliphatic carbocycles. The van der Waals surface area contributed by atoms with Gasteiger partial charge in [-0.1, -0.05) is 18.7 Å². The fourth-order valence-corrected chi connectivity index (χ4v) is 1.83. The van der Waals surface area contributed by atoms with Crippen LogP contribution in [0.4, 0.5) is 13.2 Å². The van der Waals surface area contributed by atoms with Gasteiger partial charge in [-0.2, -0.15) is 13.2 Å². The van der Waals surface area contributed by atoms with Gasteiger partial charge in [-0.3, -0.25) is 4.79 Å². The molecule has 0 radical (unpaired) electrons. The summed E-state index contributed by atoms with van der Waals surface area (Å²) in [6.07, 6.45) is -2.82. The van der Waals surface area contributed by atoms with Gasteiger partial charge in [0.1, 0.15) is 10.9 Å². The number of thioether (sulfide) groups is 1. The summed E-state index contributed by atoms with van der Waals surface area (Å²) in [7, 11) is 0. The zero-order valence-electron chi connectivity index (χ0n) is 10.4. The second-order valence-corrected chi connectivity index (χ2v) is 4.96. The lowest BCUT2D eigenvalue weighted by Gasteiger charge is -2.10. The normalized spacial score (nSPS) is 13.1. The minimum atomic E-state index is -4.52. The Morgan fingerprint density at radius 3 is 2.79 bits per heavy atom. The van der Waals surface area contributed by atoms with Gasteiger partial charge in [-0.05, 0) is 19.4 Å². The van der Waals surface area contributed by atoms with Crippen molar-refractivity contribution in [3.63, 3.8) is 0 Å². The molecule has 0 saturated heterocycles. The van der Waals surface area contributed by atoms with Crippen LogP contribution in [0.5, 0.6) is 0 Å². The van der Waals surface area contributed by atoms with Crippen molar-refractivity contribution in [3.8, 4) is 0 Å². The van der Waals surface area contributed by atoms with Crippen molar-refractivity contribution < 1.29 is 22.7 Å². The lowest BCUT2D eigenvalue weighted by Crippen LogP contribution is -2.18. The van der Waals surface area contributed by atoms with Gasteiger partial charge in [0.25, 0.3) is 0 Å². The lowest BCUT2D eigenvalue weighted by atomic mass is 10.4. The molecule has 106 valence electrons. The maximum absolute atomic E-state index is 12.4. The van der Waals surface area contributed by atoms with Gasteiger partial charge in [0.05, 0.1) is 6.61 Å². The summed E-state index contributed by atoms with van der Waals surface area (Å²) >= 11 is 0.836. The van der Waals surface area contributed by atoms with Gasteiger partial charge in [-0.25, -0.2) is 9.97 Å². The molecule has 0 saturated carbocycles. The Morgan fingerprint density at radius 2 is 2.21 bits per heavy atom. The maximum atomic E-state index is 12.4. The number of aromatic nitrogens is 2. The summed E-state index contributed by atoms with van der Waals surface area (Å²) in [5.74, 6) is -0.493. The molecule has 1 unspecified atom stereocenters. The van der Waals surface area contributed by atoms with Crippen molar-refractivity contribution >= 4 is 17.7 Å². The average molecular weight is 294 g/mol. The Balaban J connectivity index is 2.69. The largest absolute Gasteiger partial charge is 0.465 e. The third-order valence-electron chi connectivity index (χ3n) is 1.99. The maximum Gasteiger partial charge on any atom is 0.433 e. The van der Waals surface area contributed by atoms with Gasteiger partial charge in [0.2, 0.25) is 0 Å². The van der Waals surface area contributed by atoms with Crippen LogP contribution in [-0.4, -0.2) is 27.8 Å². The molecule has 0 aliphatic rings. The van der Waals surface area contributed by atoms with E-state index in [9.17, 15) is 18.0 Å². The van der Waals surface area contributed by atoms with Crippen molar-refractivity contribution in [2.75, 3.05) is 6.61 Å². The number of halogens is 3. The first-order chi connectivity index (χ1) is 8.84. The van der Waals surface area contributed by atoms with E-state index in [1.54, 1.807) is 0 Å². The zero-order valence-corrected chi connectivity index (χ0v) is 11.2. The Kier molecular flexibility index (Phi) is 5.59. The summed E-state index contributed by atoms with van der Waals surface area (Å²) in [5.41, 5.74) is -1.03. The van der Waals surface area contributed by atoms with E-state index in [0.29, 0.717) is 6.42 Å². The van der Waals surface area contributed by atoms with Crippen molar-refractivity contribution in [2.45, 2.75) is 36.9 Å². The number of esters is 1. The van der Waals surface area contributed by atoms with Crippen molar-refractivity contribution in [1.82, 2.24) is 9.97 Å². The SMILES string of the molecule is CCCOC(=O)C(C)Sc1nccc(C(F)(F)F)n1. The molecule has 0 N–H and O–H groups in total. The molecule has 0 fully saturated rings. The van der Waals surface area contributed by atoms with E-state index in [1.165, 1.54) is 6.92 Å². The van der Waals surface area contributed by atoms with Crippen LogP contribution in [0.1, 0.15) is 26.0 Å². The molecule has 0 bridgehead atoms. The smallest absolute Gasteiger partial charge is 0.433 e. The highest BCUT2D eigenvalue weighted by atomic mass is 32.2. The molecule has 1 aromatic rings. The van der Waals surface area contributed by atoms with E-state index in [1.807, 2.05) is 6.92 Å². The van der Waals surface area contributed by atoms with Crippen LogP contribution in [0, 0.1) is 0 Å². The third kappa shape index (κ3) is 5.06. The quantitative estimate of drug-likeness (QED) is 0.475. The first-order valence-corrected chi connectivity index (χ1v) is 6.46. The number of hydrogen-bond donors (Lipinski definition) is 0. The summed E-state index contributed by atoms with van der Waals surface area (Å²) in [6, 6.07) is 0.782. The van der Waals surface area contributed by atoms with E-state index >= 15 is 0 Å². The van der Waals surface area contributed by atoms with Crippen LogP contribution in [0.15, 0.2) is 17.4 Å².